The quantitative estimate of drug-likeness (QED) is 0.322. The molecule has 0 aliphatic heterocycles. The van der Waals surface area contributed by atoms with Crippen LogP contribution in [0.5, 0.6) is 0 Å². The maximum Gasteiger partial charge on any atom is 0.326 e. The first-order valence-electron chi connectivity index (χ1n) is 14.9. The van der Waals surface area contributed by atoms with E-state index in [1.807, 2.05) is 0 Å². The van der Waals surface area contributed by atoms with Crippen LogP contribution < -0.4 is 11.1 Å². The number of amides is 1. The van der Waals surface area contributed by atoms with E-state index in [4.69, 9.17) is 5.73 Å². The SMILES string of the molecule is C[C@H](CCC(=O)N[C@@H](CCCCN)C(=O)O)[C@H]1CC[C@H]2[C@@H]3CCC4CCCC[C@]4(C)[C@H]3CC[C@]12C. The number of nitrogens with one attached hydrogen (secondary N) is 1. The average Bonchev–Trinajstić information content (AvgIpc) is 3.19. The Kier molecular flexibility index (Phi) is 8.55. The summed E-state index contributed by atoms with van der Waals surface area (Å²) in [5.74, 6) is 3.84. The Hall–Kier alpha value is -1.10. The number of aliphatic carboxylic acids is 1. The summed E-state index contributed by atoms with van der Waals surface area (Å²) in [4.78, 5) is 24.2. The van der Waals surface area contributed by atoms with Gasteiger partial charge in [0.25, 0.3) is 0 Å². The molecule has 35 heavy (non-hydrogen) atoms. The van der Waals surface area contributed by atoms with Crippen molar-refractivity contribution in [3.05, 3.63) is 0 Å². The molecule has 0 aromatic carbocycles. The Morgan fingerprint density at radius 3 is 2.46 bits per heavy atom. The summed E-state index contributed by atoms with van der Waals surface area (Å²) in [5, 5.41) is 12.2. The molecule has 0 saturated heterocycles. The Morgan fingerprint density at radius 1 is 0.943 bits per heavy atom. The van der Waals surface area contributed by atoms with Gasteiger partial charge in [-0.1, -0.05) is 33.6 Å². The lowest BCUT2D eigenvalue weighted by molar-refractivity contribution is -0.142. The lowest BCUT2D eigenvalue weighted by atomic mass is 9.44. The number of carbonyl (C=O) groups excluding carboxylic acids is 1. The number of carbonyl (C=O) groups is 2. The van der Waals surface area contributed by atoms with Gasteiger partial charge in [0, 0.05) is 6.42 Å². The molecule has 0 heterocycles. The van der Waals surface area contributed by atoms with E-state index in [2.05, 4.69) is 26.1 Å². The van der Waals surface area contributed by atoms with E-state index in [1.165, 1.54) is 64.2 Å². The summed E-state index contributed by atoms with van der Waals surface area (Å²) in [7, 11) is 0. The maximum atomic E-state index is 12.6. The molecule has 4 aliphatic carbocycles. The standard InChI is InChI=1S/C30H52N2O3/c1-20(10-15-27(33)32-26(28(34)35)9-5-7-19-31)23-13-14-24-22-12-11-21-8-4-6-17-29(21,2)25(22)16-18-30(23,24)3/h20-26H,4-19,31H2,1-3H3,(H,32,33)(H,34,35)/t20-,21?,22+,23-,24+,25+,26+,29+,30-/m1/s1. The minimum absolute atomic E-state index is 0.107. The van der Waals surface area contributed by atoms with Crippen LogP contribution in [-0.2, 0) is 9.59 Å². The highest BCUT2D eigenvalue weighted by Crippen LogP contribution is 2.68. The third-order valence-electron chi connectivity index (χ3n) is 11.8. The van der Waals surface area contributed by atoms with E-state index in [1.54, 1.807) is 0 Å². The molecule has 0 radical (unpaired) electrons. The van der Waals surface area contributed by atoms with Crippen LogP contribution in [0.3, 0.4) is 0 Å². The van der Waals surface area contributed by atoms with Crippen LogP contribution in [0.1, 0.15) is 117 Å². The molecule has 0 bridgehead atoms. The first-order valence-corrected chi connectivity index (χ1v) is 14.9. The Labute approximate surface area is 213 Å². The second kappa shape index (κ2) is 11.1. The average molecular weight is 489 g/mol. The van der Waals surface area contributed by atoms with E-state index in [-0.39, 0.29) is 5.91 Å². The fourth-order valence-electron chi connectivity index (χ4n) is 9.85. The molecular formula is C30H52N2O3. The van der Waals surface area contributed by atoms with Gasteiger partial charge in [0.1, 0.15) is 6.04 Å². The van der Waals surface area contributed by atoms with Crippen LogP contribution in [0, 0.1) is 46.3 Å². The van der Waals surface area contributed by atoms with Crippen LogP contribution >= 0.6 is 0 Å². The first-order chi connectivity index (χ1) is 16.7. The van der Waals surface area contributed by atoms with Crippen molar-refractivity contribution in [2.24, 2.45) is 52.1 Å². The predicted molar refractivity (Wildman–Crippen MR) is 141 cm³/mol. The molecule has 5 heteroatoms. The number of hydrogen-bond donors (Lipinski definition) is 3. The van der Waals surface area contributed by atoms with E-state index >= 15 is 0 Å². The monoisotopic (exact) mass is 488 g/mol. The molecule has 5 nitrogen and oxygen atoms in total. The Bertz CT molecular complexity index is 756. The van der Waals surface area contributed by atoms with Crippen LogP contribution in [0.25, 0.3) is 0 Å². The smallest absolute Gasteiger partial charge is 0.326 e. The normalized spacial score (nSPS) is 40.2. The van der Waals surface area contributed by atoms with Crippen molar-refractivity contribution in [3.63, 3.8) is 0 Å². The zero-order chi connectivity index (χ0) is 25.2. The third-order valence-corrected chi connectivity index (χ3v) is 11.8. The highest BCUT2D eigenvalue weighted by Gasteiger charge is 2.60. The number of nitrogens with two attached hydrogens (primary N) is 1. The molecule has 1 unspecified atom stereocenters. The third kappa shape index (κ3) is 5.31. The van der Waals surface area contributed by atoms with Gasteiger partial charge in [-0.25, -0.2) is 4.79 Å². The van der Waals surface area contributed by atoms with Crippen molar-refractivity contribution in [2.45, 2.75) is 123 Å². The molecule has 4 fully saturated rings. The molecule has 1 amide bonds. The minimum Gasteiger partial charge on any atom is -0.480 e. The van der Waals surface area contributed by atoms with Crippen molar-refractivity contribution < 1.29 is 14.7 Å². The molecule has 4 aliphatic rings. The zero-order valence-corrected chi connectivity index (χ0v) is 22.7. The molecule has 0 spiro atoms. The predicted octanol–water partition coefficient (Wildman–Crippen LogP) is 6.15. The Morgan fingerprint density at radius 2 is 1.71 bits per heavy atom. The summed E-state index contributed by atoms with van der Waals surface area (Å²) in [5.41, 5.74) is 6.54. The van der Waals surface area contributed by atoms with Crippen molar-refractivity contribution in [1.29, 1.82) is 0 Å². The van der Waals surface area contributed by atoms with Crippen LogP contribution in [0.4, 0.5) is 0 Å². The van der Waals surface area contributed by atoms with Crippen LogP contribution in [-0.4, -0.2) is 29.6 Å². The van der Waals surface area contributed by atoms with Crippen molar-refractivity contribution in [1.82, 2.24) is 5.32 Å². The maximum absolute atomic E-state index is 12.6. The first kappa shape index (κ1) is 26.9. The molecule has 200 valence electrons. The molecular weight excluding hydrogens is 436 g/mol. The molecule has 0 aromatic rings. The van der Waals surface area contributed by atoms with Gasteiger partial charge in [-0.2, -0.15) is 0 Å². The fourth-order valence-corrected chi connectivity index (χ4v) is 9.85. The van der Waals surface area contributed by atoms with Gasteiger partial charge in [-0.15, -0.1) is 0 Å². The second-order valence-corrected chi connectivity index (χ2v) is 13.4. The summed E-state index contributed by atoms with van der Waals surface area (Å²) in [6, 6.07) is -0.788. The van der Waals surface area contributed by atoms with Gasteiger partial charge in [-0.3, -0.25) is 4.79 Å². The van der Waals surface area contributed by atoms with Crippen LogP contribution in [0.15, 0.2) is 0 Å². The molecule has 4 saturated carbocycles. The largest absolute Gasteiger partial charge is 0.480 e. The Balaban J connectivity index is 1.33. The van der Waals surface area contributed by atoms with Gasteiger partial charge < -0.3 is 16.2 Å². The van der Waals surface area contributed by atoms with Crippen molar-refractivity contribution in [3.8, 4) is 0 Å². The molecule has 0 aromatic heterocycles. The minimum atomic E-state index is -0.937. The lowest BCUT2D eigenvalue weighted by Gasteiger charge is -2.61. The lowest BCUT2D eigenvalue weighted by Crippen LogP contribution is -2.53. The number of fused-ring (bicyclic) bond motifs is 5. The number of hydrogen-bond acceptors (Lipinski definition) is 3. The summed E-state index contributed by atoms with van der Waals surface area (Å²) < 4.78 is 0. The molecule has 4 rings (SSSR count). The highest BCUT2D eigenvalue weighted by atomic mass is 16.4. The summed E-state index contributed by atoms with van der Waals surface area (Å²) in [6.45, 7) is 8.16. The van der Waals surface area contributed by atoms with Gasteiger partial charge in [0.2, 0.25) is 5.91 Å². The molecule has 9 atom stereocenters. The fraction of sp³-hybridized carbons (Fsp3) is 0.933. The number of unbranched alkanes of at least 4 members (excludes halogenated alkanes) is 1. The van der Waals surface area contributed by atoms with Crippen molar-refractivity contribution in [2.75, 3.05) is 6.54 Å². The van der Waals surface area contributed by atoms with Gasteiger partial charge in [0.05, 0.1) is 0 Å². The van der Waals surface area contributed by atoms with Gasteiger partial charge >= 0.3 is 5.97 Å². The highest BCUT2D eigenvalue weighted by molar-refractivity contribution is 5.83. The van der Waals surface area contributed by atoms with E-state index in [9.17, 15) is 14.7 Å². The number of rotatable bonds is 10. The number of carboxylic acid groups (broad SMARTS) is 1. The van der Waals surface area contributed by atoms with Gasteiger partial charge in [-0.05, 0) is 130 Å². The van der Waals surface area contributed by atoms with Crippen LogP contribution in [0.2, 0.25) is 0 Å². The van der Waals surface area contributed by atoms with E-state index < -0.39 is 12.0 Å². The second-order valence-electron chi connectivity index (χ2n) is 13.4. The summed E-state index contributed by atoms with van der Waals surface area (Å²) >= 11 is 0. The van der Waals surface area contributed by atoms with Gasteiger partial charge in [0.15, 0.2) is 0 Å². The summed E-state index contributed by atoms with van der Waals surface area (Å²) in [6.07, 6.45) is 17.5. The van der Waals surface area contributed by atoms with Crippen molar-refractivity contribution >= 4 is 11.9 Å². The van der Waals surface area contributed by atoms with E-state index in [0.29, 0.717) is 42.1 Å². The molecule has 4 N–H and O–H groups in total. The number of carboxylic acids is 1. The topological polar surface area (TPSA) is 92.4 Å². The zero-order valence-electron chi connectivity index (χ0n) is 22.7. The van der Waals surface area contributed by atoms with E-state index in [0.717, 1.165) is 42.9 Å².